The average Bonchev–Trinajstić information content (AvgIpc) is 2.85. The summed E-state index contributed by atoms with van der Waals surface area (Å²) in [5.74, 6) is -0.847. The van der Waals surface area contributed by atoms with Crippen LogP contribution in [-0.4, -0.2) is 48.7 Å². The van der Waals surface area contributed by atoms with Crippen LogP contribution in [0.1, 0.15) is 31.9 Å². The van der Waals surface area contributed by atoms with E-state index in [2.05, 4.69) is 26.1 Å². The number of aliphatic hydroxyl groups is 1. The Hall–Kier alpha value is -2.34. The SMILES string of the molecule is COC(=O)C1=C(Nc2c(C)cccc2C(C)(C)C)C(=O)N(CCO)C1. The van der Waals surface area contributed by atoms with E-state index in [1.165, 1.54) is 12.0 Å². The number of esters is 1. The number of benzene rings is 1. The van der Waals surface area contributed by atoms with Gasteiger partial charge in [0, 0.05) is 12.2 Å². The maximum atomic E-state index is 12.7. The molecular formula is C19H26N2O4. The molecule has 0 aromatic heterocycles. The van der Waals surface area contributed by atoms with Crippen molar-refractivity contribution in [1.82, 2.24) is 4.90 Å². The van der Waals surface area contributed by atoms with Gasteiger partial charge in [-0.1, -0.05) is 39.0 Å². The molecule has 0 bridgehead atoms. The van der Waals surface area contributed by atoms with E-state index in [9.17, 15) is 9.59 Å². The number of β-amino-alcohol motifs (C(OH)–C–C–N with tert-alkyl or cyclic N) is 1. The maximum absolute atomic E-state index is 12.7. The van der Waals surface area contributed by atoms with Gasteiger partial charge < -0.3 is 20.1 Å². The number of nitrogens with one attached hydrogen (secondary N) is 1. The predicted octanol–water partition coefficient (Wildman–Crippen LogP) is 1.97. The number of hydrogen-bond donors (Lipinski definition) is 2. The summed E-state index contributed by atoms with van der Waals surface area (Å²) in [6.07, 6.45) is 0. The number of carbonyl (C=O) groups is 2. The Kier molecular flexibility index (Phi) is 5.52. The molecule has 136 valence electrons. The van der Waals surface area contributed by atoms with E-state index < -0.39 is 5.97 Å². The Labute approximate surface area is 148 Å². The summed E-state index contributed by atoms with van der Waals surface area (Å²) in [5, 5.41) is 12.3. The first kappa shape index (κ1) is 19.0. The fourth-order valence-corrected chi connectivity index (χ4v) is 2.93. The van der Waals surface area contributed by atoms with Crippen molar-refractivity contribution in [1.29, 1.82) is 0 Å². The second-order valence-electron chi connectivity index (χ2n) is 7.17. The number of amides is 1. The Morgan fingerprint density at radius 1 is 1.36 bits per heavy atom. The smallest absolute Gasteiger partial charge is 0.337 e. The van der Waals surface area contributed by atoms with Crippen molar-refractivity contribution in [2.24, 2.45) is 0 Å². The third-order valence-electron chi connectivity index (χ3n) is 4.28. The highest BCUT2D eigenvalue weighted by Crippen LogP contribution is 2.34. The minimum atomic E-state index is -0.540. The van der Waals surface area contributed by atoms with E-state index in [0.29, 0.717) is 0 Å². The molecule has 6 nitrogen and oxygen atoms in total. The van der Waals surface area contributed by atoms with Crippen molar-refractivity contribution >= 4 is 17.6 Å². The lowest BCUT2D eigenvalue weighted by Crippen LogP contribution is -2.31. The number of carbonyl (C=O) groups excluding carboxylic acids is 2. The van der Waals surface area contributed by atoms with E-state index in [4.69, 9.17) is 9.84 Å². The summed E-state index contributed by atoms with van der Waals surface area (Å²) in [5.41, 5.74) is 3.23. The van der Waals surface area contributed by atoms with Crippen molar-refractivity contribution in [2.45, 2.75) is 33.1 Å². The number of aliphatic hydroxyl groups excluding tert-OH is 1. The Bertz CT molecular complexity index is 717. The van der Waals surface area contributed by atoms with Crippen LogP contribution in [0, 0.1) is 6.92 Å². The first-order valence-electron chi connectivity index (χ1n) is 8.29. The number of anilines is 1. The van der Waals surface area contributed by atoms with Crippen LogP contribution in [0.4, 0.5) is 5.69 Å². The lowest BCUT2D eigenvalue weighted by molar-refractivity contribution is -0.136. The molecule has 1 amide bonds. The minimum Gasteiger partial charge on any atom is -0.466 e. The molecule has 6 heteroatoms. The molecule has 0 radical (unpaired) electrons. The number of para-hydroxylation sites is 1. The van der Waals surface area contributed by atoms with Gasteiger partial charge in [-0.05, 0) is 23.5 Å². The topological polar surface area (TPSA) is 78.9 Å². The summed E-state index contributed by atoms with van der Waals surface area (Å²) >= 11 is 0. The molecule has 0 aliphatic carbocycles. The molecule has 1 aromatic carbocycles. The van der Waals surface area contributed by atoms with Crippen LogP contribution in [0.25, 0.3) is 0 Å². The zero-order valence-electron chi connectivity index (χ0n) is 15.5. The quantitative estimate of drug-likeness (QED) is 0.797. The molecule has 0 atom stereocenters. The molecule has 0 spiro atoms. The van der Waals surface area contributed by atoms with Crippen LogP contribution in [0.3, 0.4) is 0 Å². The van der Waals surface area contributed by atoms with E-state index in [0.717, 1.165) is 16.8 Å². The van der Waals surface area contributed by atoms with Crippen molar-refractivity contribution in [3.63, 3.8) is 0 Å². The Balaban J connectivity index is 2.50. The van der Waals surface area contributed by atoms with Gasteiger partial charge in [0.15, 0.2) is 0 Å². The van der Waals surface area contributed by atoms with Gasteiger partial charge in [-0.15, -0.1) is 0 Å². The number of ether oxygens (including phenoxy) is 1. The van der Waals surface area contributed by atoms with Crippen LogP contribution in [0.2, 0.25) is 0 Å². The van der Waals surface area contributed by atoms with Gasteiger partial charge in [0.2, 0.25) is 0 Å². The largest absolute Gasteiger partial charge is 0.466 e. The maximum Gasteiger partial charge on any atom is 0.337 e. The molecule has 1 aromatic rings. The normalized spacial score (nSPS) is 15.0. The molecule has 0 saturated carbocycles. The minimum absolute atomic E-state index is 0.130. The van der Waals surface area contributed by atoms with Gasteiger partial charge in [0.25, 0.3) is 5.91 Å². The molecule has 0 fully saturated rings. The fourth-order valence-electron chi connectivity index (χ4n) is 2.93. The summed E-state index contributed by atoms with van der Waals surface area (Å²) in [7, 11) is 1.29. The number of nitrogens with zero attached hydrogens (tertiary/aromatic N) is 1. The molecule has 1 aliphatic heterocycles. The number of rotatable bonds is 5. The summed E-state index contributed by atoms with van der Waals surface area (Å²) < 4.78 is 4.83. The predicted molar refractivity (Wildman–Crippen MR) is 96.2 cm³/mol. The first-order valence-corrected chi connectivity index (χ1v) is 8.29. The highest BCUT2D eigenvalue weighted by molar-refractivity contribution is 6.08. The van der Waals surface area contributed by atoms with E-state index >= 15 is 0 Å². The fraction of sp³-hybridized carbons (Fsp3) is 0.474. The molecule has 0 saturated heterocycles. The van der Waals surface area contributed by atoms with Crippen LogP contribution >= 0.6 is 0 Å². The van der Waals surface area contributed by atoms with Crippen molar-refractivity contribution < 1.29 is 19.4 Å². The summed E-state index contributed by atoms with van der Waals surface area (Å²) in [6, 6.07) is 5.95. The van der Waals surface area contributed by atoms with Crippen molar-refractivity contribution in [3.05, 3.63) is 40.6 Å². The Morgan fingerprint density at radius 2 is 2.04 bits per heavy atom. The number of aryl methyl sites for hydroxylation is 1. The molecular weight excluding hydrogens is 320 g/mol. The second kappa shape index (κ2) is 7.27. The van der Waals surface area contributed by atoms with E-state index in [-0.39, 0.29) is 42.3 Å². The third-order valence-corrected chi connectivity index (χ3v) is 4.28. The first-order chi connectivity index (χ1) is 11.7. The zero-order chi connectivity index (χ0) is 18.8. The second-order valence-corrected chi connectivity index (χ2v) is 7.17. The van der Waals surface area contributed by atoms with Crippen LogP contribution < -0.4 is 5.32 Å². The summed E-state index contributed by atoms with van der Waals surface area (Å²) in [4.78, 5) is 26.2. The van der Waals surface area contributed by atoms with Crippen molar-refractivity contribution in [2.75, 3.05) is 32.1 Å². The van der Waals surface area contributed by atoms with Gasteiger partial charge in [0.1, 0.15) is 5.70 Å². The zero-order valence-corrected chi connectivity index (χ0v) is 15.5. The van der Waals surface area contributed by atoms with Gasteiger partial charge in [-0.2, -0.15) is 0 Å². The number of hydrogen-bond acceptors (Lipinski definition) is 5. The molecule has 0 unspecified atom stereocenters. The third kappa shape index (κ3) is 3.85. The molecule has 25 heavy (non-hydrogen) atoms. The highest BCUT2D eigenvalue weighted by Gasteiger charge is 2.35. The highest BCUT2D eigenvalue weighted by atomic mass is 16.5. The Morgan fingerprint density at radius 3 is 2.60 bits per heavy atom. The van der Waals surface area contributed by atoms with Gasteiger partial charge in [0.05, 0.1) is 25.8 Å². The van der Waals surface area contributed by atoms with Crippen LogP contribution in [0.5, 0.6) is 0 Å². The lowest BCUT2D eigenvalue weighted by atomic mass is 9.84. The van der Waals surface area contributed by atoms with Gasteiger partial charge >= 0.3 is 5.97 Å². The molecule has 2 rings (SSSR count). The van der Waals surface area contributed by atoms with Crippen LogP contribution in [0.15, 0.2) is 29.5 Å². The average molecular weight is 346 g/mol. The van der Waals surface area contributed by atoms with Crippen LogP contribution in [-0.2, 0) is 19.7 Å². The molecule has 1 heterocycles. The van der Waals surface area contributed by atoms with Gasteiger partial charge in [-0.3, -0.25) is 4.79 Å². The van der Waals surface area contributed by atoms with Gasteiger partial charge in [-0.25, -0.2) is 4.79 Å². The summed E-state index contributed by atoms with van der Waals surface area (Å²) in [6.45, 7) is 8.38. The lowest BCUT2D eigenvalue weighted by Gasteiger charge is -2.25. The monoisotopic (exact) mass is 346 g/mol. The van der Waals surface area contributed by atoms with E-state index in [1.54, 1.807) is 0 Å². The van der Waals surface area contributed by atoms with E-state index in [1.807, 2.05) is 25.1 Å². The van der Waals surface area contributed by atoms with Crippen molar-refractivity contribution in [3.8, 4) is 0 Å². The molecule has 1 aliphatic rings. The standard InChI is InChI=1S/C19H26N2O4/c1-12-7-6-8-14(19(2,3)4)15(12)20-16-13(18(24)25-5)11-21(9-10-22)17(16)23/h6-8,20,22H,9-11H2,1-5H3. The molecule has 2 N–H and O–H groups in total. The number of methoxy groups -OCH3 is 1.